The van der Waals surface area contributed by atoms with Gasteiger partial charge in [-0.25, -0.2) is 0 Å². The lowest BCUT2D eigenvalue weighted by atomic mass is 9.85. The van der Waals surface area contributed by atoms with Crippen LogP contribution in [-0.4, -0.2) is 12.6 Å². The van der Waals surface area contributed by atoms with Crippen LogP contribution in [0.3, 0.4) is 0 Å². The monoisotopic (exact) mass is 288 g/mol. The fourth-order valence-corrected chi connectivity index (χ4v) is 4.01. The van der Waals surface area contributed by atoms with Gasteiger partial charge in [-0.05, 0) is 49.1 Å². The first kappa shape index (κ1) is 14.9. The highest BCUT2D eigenvalue weighted by atomic mass is 16.5. The minimum Gasteiger partial charge on any atom is -0.493 e. The molecule has 1 aliphatic carbocycles. The number of nitrogens with one attached hydrogen (secondary N) is 1. The SMILES string of the molecule is NNC(CCC1CCCC1)CC1CCOc2ccccc21. The summed E-state index contributed by atoms with van der Waals surface area (Å²) in [4.78, 5) is 0. The van der Waals surface area contributed by atoms with E-state index < -0.39 is 0 Å². The van der Waals surface area contributed by atoms with E-state index in [1.54, 1.807) is 0 Å². The zero-order valence-electron chi connectivity index (χ0n) is 12.9. The van der Waals surface area contributed by atoms with E-state index in [4.69, 9.17) is 10.6 Å². The summed E-state index contributed by atoms with van der Waals surface area (Å²) in [5.41, 5.74) is 4.43. The Kier molecular flexibility index (Phi) is 5.15. The third-order valence-electron chi connectivity index (χ3n) is 5.29. The molecule has 0 radical (unpaired) electrons. The largest absolute Gasteiger partial charge is 0.493 e. The van der Waals surface area contributed by atoms with Crippen LogP contribution in [0.5, 0.6) is 5.75 Å². The number of hydrazine groups is 1. The minimum atomic E-state index is 0.432. The molecule has 0 bridgehead atoms. The van der Waals surface area contributed by atoms with Crippen LogP contribution in [-0.2, 0) is 0 Å². The third kappa shape index (κ3) is 3.78. The molecular formula is C18H28N2O. The topological polar surface area (TPSA) is 47.3 Å². The number of rotatable bonds is 6. The Morgan fingerprint density at radius 1 is 1.19 bits per heavy atom. The molecule has 2 aliphatic rings. The molecule has 2 unspecified atom stereocenters. The van der Waals surface area contributed by atoms with Crippen molar-refractivity contribution in [1.82, 2.24) is 5.43 Å². The maximum absolute atomic E-state index is 5.81. The van der Waals surface area contributed by atoms with Crippen LogP contribution in [0.4, 0.5) is 0 Å². The molecular weight excluding hydrogens is 260 g/mol. The van der Waals surface area contributed by atoms with Gasteiger partial charge in [0.2, 0.25) is 0 Å². The van der Waals surface area contributed by atoms with Crippen molar-refractivity contribution in [2.45, 2.75) is 63.3 Å². The van der Waals surface area contributed by atoms with Crippen molar-refractivity contribution in [2.75, 3.05) is 6.61 Å². The maximum Gasteiger partial charge on any atom is 0.122 e. The van der Waals surface area contributed by atoms with Crippen molar-refractivity contribution in [2.24, 2.45) is 11.8 Å². The standard InChI is InChI=1S/C18H28N2O/c19-20-16(10-9-14-5-1-2-6-14)13-15-11-12-21-18-8-4-3-7-17(15)18/h3-4,7-8,14-16,20H,1-2,5-6,9-13,19H2. The fourth-order valence-electron chi connectivity index (χ4n) is 4.01. The van der Waals surface area contributed by atoms with Crippen LogP contribution in [0.1, 0.15) is 62.8 Å². The van der Waals surface area contributed by atoms with Crippen LogP contribution < -0.4 is 16.0 Å². The summed E-state index contributed by atoms with van der Waals surface area (Å²) in [6.45, 7) is 0.835. The average molecular weight is 288 g/mol. The zero-order valence-corrected chi connectivity index (χ0v) is 12.9. The molecule has 0 spiro atoms. The van der Waals surface area contributed by atoms with Gasteiger partial charge in [-0.2, -0.15) is 0 Å². The van der Waals surface area contributed by atoms with E-state index in [1.807, 2.05) is 0 Å². The van der Waals surface area contributed by atoms with Gasteiger partial charge in [0, 0.05) is 6.04 Å². The lowest BCUT2D eigenvalue weighted by Gasteiger charge is -2.29. The Bertz CT molecular complexity index is 443. The number of ether oxygens (including phenoxy) is 1. The molecule has 116 valence electrons. The predicted molar refractivity (Wildman–Crippen MR) is 86.2 cm³/mol. The van der Waals surface area contributed by atoms with Crippen molar-refractivity contribution in [1.29, 1.82) is 0 Å². The Balaban J connectivity index is 1.56. The molecule has 3 nitrogen and oxygen atoms in total. The Hall–Kier alpha value is -1.06. The molecule has 1 heterocycles. The molecule has 3 heteroatoms. The van der Waals surface area contributed by atoms with Gasteiger partial charge in [0.15, 0.2) is 0 Å². The molecule has 0 amide bonds. The lowest BCUT2D eigenvalue weighted by molar-refractivity contribution is 0.251. The second kappa shape index (κ2) is 7.28. The Labute approximate surface area is 128 Å². The summed E-state index contributed by atoms with van der Waals surface area (Å²) in [6.07, 6.45) is 10.5. The van der Waals surface area contributed by atoms with E-state index in [0.717, 1.165) is 31.1 Å². The van der Waals surface area contributed by atoms with E-state index in [-0.39, 0.29) is 0 Å². The van der Waals surface area contributed by atoms with Gasteiger partial charge < -0.3 is 4.74 Å². The van der Waals surface area contributed by atoms with Crippen LogP contribution in [0.25, 0.3) is 0 Å². The van der Waals surface area contributed by atoms with E-state index in [1.165, 1.54) is 44.1 Å². The molecule has 1 aliphatic heterocycles. The highest BCUT2D eigenvalue weighted by Crippen LogP contribution is 2.37. The van der Waals surface area contributed by atoms with E-state index in [2.05, 4.69) is 29.7 Å². The number of fused-ring (bicyclic) bond motifs is 1. The van der Waals surface area contributed by atoms with Gasteiger partial charge in [-0.3, -0.25) is 11.3 Å². The first-order valence-electron chi connectivity index (χ1n) is 8.54. The summed E-state index contributed by atoms with van der Waals surface area (Å²) < 4.78 is 5.76. The first-order valence-corrected chi connectivity index (χ1v) is 8.54. The van der Waals surface area contributed by atoms with Gasteiger partial charge in [0.25, 0.3) is 0 Å². The third-order valence-corrected chi connectivity index (χ3v) is 5.29. The average Bonchev–Trinajstić information content (AvgIpc) is 3.05. The maximum atomic E-state index is 5.81. The summed E-state index contributed by atoms with van der Waals surface area (Å²) in [7, 11) is 0. The molecule has 1 aromatic carbocycles. The number of benzene rings is 1. The highest BCUT2D eigenvalue weighted by Gasteiger charge is 2.25. The quantitative estimate of drug-likeness (QED) is 0.619. The molecule has 0 aromatic heterocycles. The minimum absolute atomic E-state index is 0.432. The fraction of sp³-hybridized carbons (Fsp3) is 0.667. The highest BCUT2D eigenvalue weighted by molar-refractivity contribution is 5.37. The van der Waals surface area contributed by atoms with Crippen LogP contribution >= 0.6 is 0 Å². The number of hydrogen-bond donors (Lipinski definition) is 2. The van der Waals surface area contributed by atoms with Crippen LogP contribution in [0, 0.1) is 5.92 Å². The van der Waals surface area contributed by atoms with Gasteiger partial charge in [0.05, 0.1) is 6.61 Å². The van der Waals surface area contributed by atoms with Crippen LogP contribution in [0.2, 0.25) is 0 Å². The van der Waals surface area contributed by atoms with Gasteiger partial charge in [-0.15, -0.1) is 0 Å². The second-order valence-corrected chi connectivity index (χ2v) is 6.70. The van der Waals surface area contributed by atoms with Gasteiger partial charge in [0.1, 0.15) is 5.75 Å². The van der Waals surface area contributed by atoms with E-state index in [0.29, 0.717) is 12.0 Å². The van der Waals surface area contributed by atoms with Crippen molar-refractivity contribution in [3.63, 3.8) is 0 Å². The van der Waals surface area contributed by atoms with Crippen molar-refractivity contribution in [3.8, 4) is 5.75 Å². The molecule has 2 atom stereocenters. The summed E-state index contributed by atoms with van der Waals surface area (Å²) in [6, 6.07) is 8.90. The molecule has 0 saturated heterocycles. The van der Waals surface area contributed by atoms with Crippen molar-refractivity contribution >= 4 is 0 Å². The zero-order chi connectivity index (χ0) is 14.5. The normalized spacial score (nSPS) is 23.6. The van der Waals surface area contributed by atoms with Gasteiger partial charge in [-0.1, -0.05) is 43.9 Å². The smallest absolute Gasteiger partial charge is 0.122 e. The lowest BCUT2D eigenvalue weighted by Crippen LogP contribution is -2.37. The summed E-state index contributed by atoms with van der Waals surface area (Å²) in [5, 5.41) is 0. The molecule has 3 rings (SSSR count). The number of nitrogens with two attached hydrogens (primary N) is 1. The van der Waals surface area contributed by atoms with Crippen LogP contribution in [0.15, 0.2) is 24.3 Å². The molecule has 3 N–H and O–H groups in total. The van der Waals surface area contributed by atoms with E-state index in [9.17, 15) is 0 Å². The molecule has 1 saturated carbocycles. The number of hydrogen-bond acceptors (Lipinski definition) is 3. The first-order chi connectivity index (χ1) is 10.4. The molecule has 1 fully saturated rings. The van der Waals surface area contributed by atoms with Gasteiger partial charge >= 0.3 is 0 Å². The molecule has 1 aromatic rings. The Morgan fingerprint density at radius 3 is 2.81 bits per heavy atom. The number of para-hydroxylation sites is 1. The summed E-state index contributed by atoms with van der Waals surface area (Å²) >= 11 is 0. The Morgan fingerprint density at radius 2 is 2.00 bits per heavy atom. The van der Waals surface area contributed by atoms with E-state index >= 15 is 0 Å². The summed E-state index contributed by atoms with van der Waals surface area (Å²) in [5.74, 6) is 8.41. The second-order valence-electron chi connectivity index (χ2n) is 6.70. The van der Waals surface area contributed by atoms with Crippen molar-refractivity contribution in [3.05, 3.63) is 29.8 Å². The predicted octanol–water partition coefficient (Wildman–Crippen LogP) is 3.75. The van der Waals surface area contributed by atoms with Crippen molar-refractivity contribution < 1.29 is 4.74 Å². The molecule has 21 heavy (non-hydrogen) atoms.